The fraction of sp³-hybridized carbons (Fsp3) is 0.667. The van der Waals surface area contributed by atoms with Crippen LogP contribution in [-0.2, 0) is 19.2 Å². The van der Waals surface area contributed by atoms with Crippen LogP contribution < -0.4 is 5.32 Å². The van der Waals surface area contributed by atoms with Crippen molar-refractivity contribution < 1.29 is 24.3 Å². The molecule has 0 bridgehead atoms. The second-order valence-corrected chi connectivity index (χ2v) is 3.43. The van der Waals surface area contributed by atoms with Gasteiger partial charge in [-0.3, -0.25) is 9.59 Å². The molecule has 0 amide bonds. The molecule has 1 atom stereocenters. The molecule has 7 nitrogen and oxygen atoms in total. The molecule has 0 aromatic heterocycles. The van der Waals surface area contributed by atoms with Crippen molar-refractivity contribution in [2.24, 2.45) is 5.92 Å². The van der Waals surface area contributed by atoms with E-state index in [1.54, 1.807) is 0 Å². The van der Waals surface area contributed by atoms with Crippen LogP contribution in [0.4, 0.5) is 0 Å². The van der Waals surface area contributed by atoms with Crippen molar-refractivity contribution in [3.8, 4) is 0 Å². The monoisotopic (exact) mass is 230 g/mol. The summed E-state index contributed by atoms with van der Waals surface area (Å²) in [5.74, 6) is -3.33. The molecular weight excluding hydrogens is 216 g/mol. The van der Waals surface area contributed by atoms with Crippen LogP contribution >= 0.6 is 0 Å². The summed E-state index contributed by atoms with van der Waals surface area (Å²) in [6.07, 6.45) is -0.190. The number of nitrogens with zero attached hydrogens (tertiary/aromatic N) is 1. The summed E-state index contributed by atoms with van der Waals surface area (Å²) in [5, 5.41) is 13.1. The van der Waals surface area contributed by atoms with E-state index in [4.69, 9.17) is 9.94 Å². The van der Waals surface area contributed by atoms with Gasteiger partial charge in [0.25, 0.3) is 0 Å². The Labute approximate surface area is 92.3 Å². The largest absolute Gasteiger partial charge is 0.481 e. The standard InChI is InChI=1S/C9H14N2O5/c12-6-7(9(14)15)5-8(13)16-11-3-1-10-2-4-11/h6-7,10H,1-5H2,(H,14,15). The lowest BCUT2D eigenvalue weighted by Gasteiger charge is -2.25. The zero-order valence-corrected chi connectivity index (χ0v) is 8.72. The highest BCUT2D eigenvalue weighted by Crippen LogP contribution is 2.04. The molecule has 1 heterocycles. The highest BCUT2D eigenvalue weighted by molar-refractivity contribution is 5.90. The van der Waals surface area contributed by atoms with Crippen LogP contribution in [0.5, 0.6) is 0 Å². The van der Waals surface area contributed by atoms with Gasteiger partial charge in [0.05, 0.1) is 6.42 Å². The third-order valence-electron chi connectivity index (χ3n) is 2.17. The molecule has 0 aromatic carbocycles. The molecule has 0 radical (unpaired) electrons. The van der Waals surface area contributed by atoms with Crippen LogP contribution in [0.1, 0.15) is 6.42 Å². The predicted octanol–water partition coefficient (Wildman–Crippen LogP) is -1.36. The van der Waals surface area contributed by atoms with E-state index in [1.807, 2.05) is 0 Å². The van der Waals surface area contributed by atoms with Gasteiger partial charge in [0.15, 0.2) is 0 Å². The van der Waals surface area contributed by atoms with Crippen LogP contribution in [0.25, 0.3) is 0 Å². The van der Waals surface area contributed by atoms with E-state index >= 15 is 0 Å². The highest BCUT2D eigenvalue weighted by Gasteiger charge is 2.23. The van der Waals surface area contributed by atoms with Gasteiger partial charge in [-0.1, -0.05) is 0 Å². The Balaban J connectivity index is 2.33. The SMILES string of the molecule is O=CC(CC(=O)ON1CCNCC1)C(=O)O. The van der Waals surface area contributed by atoms with Crippen LogP contribution in [0.2, 0.25) is 0 Å². The number of aldehydes is 1. The van der Waals surface area contributed by atoms with Gasteiger partial charge in [-0.25, -0.2) is 0 Å². The lowest BCUT2D eigenvalue weighted by molar-refractivity contribution is -0.194. The zero-order chi connectivity index (χ0) is 12.0. The lowest BCUT2D eigenvalue weighted by atomic mass is 10.1. The van der Waals surface area contributed by atoms with E-state index in [2.05, 4.69) is 5.32 Å². The molecule has 1 aliphatic rings. The number of nitrogens with one attached hydrogen (secondary N) is 1. The summed E-state index contributed by atoms with van der Waals surface area (Å²) in [4.78, 5) is 37.0. The average Bonchev–Trinajstić information content (AvgIpc) is 2.27. The number of carboxylic acids is 1. The Morgan fingerprint density at radius 2 is 2.06 bits per heavy atom. The third-order valence-corrected chi connectivity index (χ3v) is 2.17. The van der Waals surface area contributed by atoms with Crippen molar-refractivity contribution >= 4 is 18.2 Å². The average molecular weight is 230 g/mol. The first kappa shape index (κ1) is 12.6. The first-order valence-electron chi connectivity index (χ1n) is 4.98. The maximum absolute atomic E-state index is 11.3. The predicted molar refractivity (Wildman–Crippen MR) is 52.3 cm³/mol. The summed E-state index contributed by atoms with van der Waals surface area (Å²) in [5.41, 5.74) is 0. The van der Waals surface area contributed by atoms with Crippen molar-refractivity contribution in [3.63, 3.8) is 0 Å². The lowest BCUT2D eigenvalue weighted by Crippen LogP contribution is -2.44. The number of piperazine rings is 1. The van der Waals surface area contributed by atoms with Gasteiger partial charge in [0.1, 0.15) is 12.2 Å². The van der Waals surface area contributed by atoms with Gasteiger partial charge in [-0.2, -0.15) is 0 Å². The van der Waals surface area contributed by atoms with Gasteiger partial charge in [0.2, 0.25) is 0 Å². The van der Waals surface area contributed by atoms with Crippen molar-refractivity contribution in [2.45, 2.75) is 6.42 Å². The molecule has 0 spiro atoms. The Kier molecular flexibility index (Phi) is 4.87. The summed E-state index contributed by atoms with van der Waals surface area (Å²) >= 11 is 0. The molecule has 1 unspecified atom stereocenters. The molecular formula is C9H14N2O5. The van der Waals surface area contributed by atoms with Gasteiger partial charge < -0.3 is 20.1 Å². The fourth-order valence-electron chi connectivity index (χ4n) is 1.29. The Morgan fingerprint density at radius 3 is 2.56 bits per heavy atom. The molecule has 0 aromatic rings. The Morgan fingerprint density at radius 1 is 1.44 bits per heavy atom. The number of aliphatic carboxylic acids is 1. The second kappa shape index (κ2) is 6.19. The van der Waals surface area contributed by atoms with Gasteiger partial charge in [-0.05, 0) is 0 Å². The normalized spacial score (nSPS) is 18.8. The quantitative estimate of drug-likeness (QED) is 0.444. The first-order valence-corrected chi connectivity index (χ1v) is 4.98. The van der Waals surface area contributed by atoms with Crippen LogP contribution in [0.15, 0.2) is 0 Å². The first-order chi connectivity index (χ1) is 7.63. The molecule has 2 N–H and O–H groups in total. The number of carbonyl (C=O) groups is 3. The summed E-state index contributed by atoms with van der Waals surface area (Å²) in [6, 6.07) is 0. The number of carbonyl (C=O) groups excluding carboxylic acids is 2. The van der Waals surface area contributed by atoms with E-state index in [-0.39, 0.29) is 6.29 Å². The molecule has 1 saturated heterocycles. The molecule has 7 heteroatoms. The van der Waals surface area contributed by atoms with Crippen LogP contribution in [0.3, 0.4) is 0 Å². The van der Waals surface area contributed by atoms with Crippen molar-refractivity contribution in [1.82, 2.24) is 10.4 Å². The zero-order valence-electron chi connectivity index (χ0n) is 8.72. The smallest absolute Gasteiger partial charge is 0.326 e. The number of rotatable bonds is 5. The van der Waals surface area contributed by atoms with Crippen LogP contribution in [-0.4, -0.2) is 54.6 Å². The molecule has 1 rings (SSSR count). The molecule has 0 aliphatic carbocycles. The summed E-state index contributed by atoms with van der Waals surface area (Å²) < 4.78 is 0. The maximum atomic E-state index is 11.3. The topological polar surface area (TPSA) is 95.9 Å². The minimum absolute atomic E-state index is 0.237. The summed E-state index contributed by atoms with van der Waals surface area (Å²) in [6.45, 7) is 2.54. The highest BCUT2D eigenvalue weighted by atomic mass is 16.7. The van der Waals surface area contributed by atoms with E-state index in [0.29, 0.717) is 26.2 Å². The van der Waals surface area contributed by atoms with Crippen molar-refractivity contribution in [3.05, 3.63) is 0 Å². The third kappa shape index (κ3) is 3.95. The maximum Gasteiger partial charge on any atom is 0.326 e. The number of hydroxylamine groups is 2. The molecule has 16 heavy (non-hydrogen) atoms. The fourth-order valence-corrected chi connectivity index (χ4v) is 1.29. The molecule has 90 valence electrons. The summed E-state index contributed by atoms with van der Waals surface area (Å²) in [7, 11) is 0. The molecule has 1 fully saturated rings. The Hall–Kier alpha value is -1.47. The number of hydrogen-bond donors (Lipinski definition) is 2. The van der Waals surface area contributed by atoms with Crippen molar-refractivity contribution in [2.75, 3.05) is 26.2 Å². The van der Waals surface area contributed by atoms with E-state index in [1.165, 1.54) is 5.06 Å². The Bertz CT molecular complexity index is 275. The van der Waals surface area contributed by atoms with E-state index < -0.39 is 24.3 Å². The second-order valence-electron chi connectivity index (χ2n) is 3.43. The van der Waals surface area contributed by atoms with Gasteiger partial charge in [-0.15, -0.1) is 5.06 Å². The molecule has 1 aliphatic heterocycles. The number of hydrogen-bond acceptors (Lipinski definition) is 6. The van der Waals surface area contributed by atoms with Crippen molar-refractivity contribution in [1.29, 1.82) is 0 Å². The van der Waals surface area contributed by atoms with Gasteiger partial charge in [0, 0.05) is 26.2 Å². The van der Waals surface area contributed by atoms with E-state index in [9.17, 15) is 14.4 Å². The van der Waals surface area contributed by atoms with Gasteiger partial charge >= 0.3 is 11.9 Å². The molecule has 0 saturated carbocycles. The number of carboxylic acid groups (broad SMARTS) is 1. The minimum Gasteiger partial charge on any atom is -0.481 e. The van der Waals surface area contributed by atoms with E-state index in [0.717, 1.165) is 0 Å². The van der Waals surface area contributed by atoms with Crippen LogP contribution in [0, 0.1) is 5.92 Å². The minimum atomic E-state index is -1.32.